The predicted octanol–water partition coefficient (Wildman–Crippen LogP) is 10.8. The van der Waals surface area contributed by atoms with Crippen LogP contribution in [0.3, 0.4) is 0 Å². The number of aryl methyl sites for hydroxylation is 2. The van der Waals surface area contributed by atoms with Gasteiger partial charge in [0.05, 0.1) is 51.9 Å². The SMILES string of the molecule is CNC(=O)c1c(-c2nnc(C)o2)oc2cc(N(C)S(C)(=O)=O)c(-c3ccc4c(n3)-c3cc5c(F)cccc5n3CO4)cc12.CNC(=O)c1c(-c2nnc(C)o2)oc2cc(N(C)S(C)(=O)=O)c(Br)cc12.[CH3][Sn]([CH3])([CH3])[c]1ccc2c(n1)-c1cc3c(F)cccc3n1CO2. The van der Waals surface area contributed by atoms with Crippen LogP contribution in [-0.2, 0) is 33.5 Å². The zero-order chi connectivity index (χ0) is 64.9. The molecule has 0 saturated heterocycles. The Balaban J connectivity index is 0.000000142. The topological polar surface area (TPSA) is 291 Å². The minimum atomic E-state index is -3.74. The number of halogens is 3. The average Bonchev–Trinajstić information content (AvgIpc) is 1.70. The fraction of sp³-hybridized carbons (Fsp3) is 0.213. The van der Waals surface area contributed by atoms with E-state index in [2.05, 4.69) is 67.8 Å². The van der Waals surface area contributed by atoms with Crippen molar-refractivity contribution in [3.05, 3.63) is 136 Å². The van der Waals surface area contributed by atoms with Crippen LogP contribution in [0.4, 0.5) is 20.2 Å². The first kappa shape index (κ1) is 62.0. The third kappa shape index (κ3) is 11.3. The van der Waals surface area contributed by atoms with E-state index in [1.807, 2.05) is 27.3 Å². The van der Waals surface area contributed by atoms with Crippen molar-refractivity contribution < 1.29 is 62.3 Å². The van der Waals surface area contributed by atoms with E-state index >= 15 is 0 Å². The fourth-order valence-corrected chi connectivity index (χ4v) is 15.3. The number of carbonyl (C=O) groups is 2. The Morgan fingerprint density at radius 3 is 1.52 bits per heavy atom. The maximum atomic E-state index is 14.7. The van der Waals surface area contributed by atoms with Crippen LogP contribution in [0.15, 0.2) is 119 Å². The molecule has 0 aliphatic carbocycles. The van der Waals surface area contributed by atoms with E-state index in [0.29, 0.717) is 83.8 Å². The zero-order valence-corrected chi connectivity index (χ0v) is 56.5. The molecule has 468 valence electrons. The van der Waals surface area contributed by atoms with Crippen molar-refractivity contribution in [2.24, 2.45) is 0 Å². The van der Waals surface area contributed by atoms with E-state index in [0.717, 1.165) is 43.8 Å². The van der Waals surface area contributed by atoms with E-state index in [9.17, 15) is 35.2 Å². The number of pyridine rings is 2. The Hall–Kier alpha value is -9.20. The summed E-state index contributed by atoms with van der Waals surface area (Å²) in [4.78, 5) is 42.3. The van der Waals surface area contributed by atoms with Gasteiger partial charge in [-0.1, -0.05) is 6.07 Å². The van der Waals surface area contributed by atoms with Crippen molar-refractivity contribution in [3.63, 3.8) is 0 Å². The average molecular weight is 1450 g/mol. The van der Waals surface area contributed by atoms with Gasteiger partial charge in [-0.15, -0.1) is 20.4 Å². The number of anilines is 2. The van der Waals surface area contributed by atoms with Crippen LogP contribution in [-0.4, -0.2) is 127 Å². The molecule has 2 amide bonds. The molecule has 0 unspecified atom stereocenters. The number of fused-ring (bicyclic) bond motifs is 12. The molecule has 2 aliphatic rings. The Morgan fingerprint density at radius 2 is 1.05 bits per heavy atom. The molecule has 2 N–H and O–H groups in total. The van der Waals surface area contributed by atoms with Gasteiger partial charge < -0.3 is 37.6 Å². The predicted molar refractivity (Wildman–Crippen MR) is 343 cm³/mol. The quantitative estimate of drug-likeness (QED) is 0.120. The molecule has 0 saturated carbocycles. The number of hydrogen-bond acceptors (Lipinski definition) is 18. The van der Waals surface area contributed by atoms with Crippen LogP contribution >= 0.6 is 15.9 Å². The minimum absolute atomic E-state index is 0.00372. The Labute approximate surface area is 530 Å². The number of rotatable bonds is 10. The van der Waals surface area contributed by atoms with Gasteiger partial charge in [0, 0.05) is 80.4 Å². The summed E-state index contributed by atoms with van der Waals surface area (Å²) >= 11 is 1.09. The van der Waals surface area contributed by atoms with Crippen LogP contribution in [0.5, 0.6) is 11.5 Å². The first-order valence-electron chi connectivity index (χ1n) is 27.8. The fourth-order valence-electron chi connectivity index (χ4n) is 10.6. The van der Waals surface area contributed by atoms with Gasteiger partial charge in [0.25, 0.3) is 23.6 Å². The number of furan rings is 2. The number of sulfonamides is 2. The standard InChI is InChI=1S/C29H23FN6O6S.C15H15BrN4O5S.C14H8FN2O.3CH3.Sn/c1-14-33-34-29(41-14)27-25(28(37)31-2)17-10-16(21(12-24(17)42-27)35(3)43(4,38)39)19-8-9-23-26(32-19)22-11-15-18(30)6-5-7-20(15)36(22)13-40-23;1-7-18-19-15(24-7)13-12(14(21)17-2)8-5-9(16)10(6-11(8)25-13)20(3)26(4,22)23;15-10-3-1-4-11-9(10)7-12-14-13(5-2-6-16-14)18-8-17(11)12;;;;/h5-12H,13H2,1-4H3,(H,31,37);5-6H,1-4H3,(H,17,21);1-5,7H,8H2;3*1H3;. The van der Waals surface area contributed by atoms with E-state index in [4.69, 9.17) is 37.1 Å². The summed E-state index contributed by atoms with van der Waals surface area (Å²) in [5, 5.41) is 22.6. The van der Waals surface area contributed by atoms with Gasteiger partial charge in [-0.3, -0.25) is 18.2 Å². The van der Waals surface area contributed by atoms with Gasteiger partial charge in [-0.05, 0) is 58.4 Å². The molecule has 91 heavy (non-hydrogen) atoms. The van der Waals surface area contributed by atoms with Crippen molar-refractivity contribution in [2.45, 2.75) is 42.1 Å². The van der Waals surface area contributed by atoms with Crippen molar-refractivity contribution >= 4 is 125 Å². The molecule has 0 atom stereocenters. The van der Waals surface area contributed by atoms with Crippen molar-refractivity contribution in [2.75, 3.05) is 49.3 Å². The zero-order valence-electron chi connectivity index (χ0n) is 50.5. The van der Waals surface area contributed by atoms with Crippen LogP contribution in [0.1, 0.15) is 32.5 Å². The van der Waals surface area contributed by atoms with Crippen molar-refractivity contribution in [3.8, 4) is 68.8 Å². The molecule has 0 spiro atoms. The Kier molecular flexibility index (Phi) is 15.8. The van der Waals surface area contributed by atoms with Gasteiger partial charge in [0.15, 0.2) is 6.73 Å². The summed E-state index contributed by atoms with van der Waals surface area (Å²) in [6, 6.07) is 27.4. The van der Waals surface area contributed by atoms with Gasteiger partial charge in [-0.25, -0.2) is 26.2 Å². The van der Waals surface area contributed by atoms with Crippen molar-refractivity contribution in [1.29, 1.82) is 0 Å². The Bertz CT molecular complexity index is 5230. The number of amides is 2. The van der Waals surface area contributed by atoms with Gasteiger partial charge in [0.2, 0.25) is 43.3 Å². The van der Waals surface area contributed by atoms with Gasteiger partial charge >= 0.3 is 133 Å². The summed E-state index contributed by atoms with van der Waals surface area (Å²) in [6.07, 6.45) is 2.17. The summed E-state index contributed by atoms with van der Waals surface area (Å²) in [7, 11) is -1.42. The van der Waals surface area contributed by atoms with Crippen LogP contribution in [0.25, 0.3) is 101 Å². The molecule has 14 rings (SSSR count). The number of carbonyl (C=O) groups excluding carboxylic acids is 2. The molecule has 12 aromatic rings. The summed E-state index contributed by atoms with van der Waals surface area (Å²) in [5.74, 6) is 0.643. The van der Waals surface area contributed by atoms with Crippen molar-refractivity contribution in [1.82, 2.24) is 50.1 Å². The molecule has 24 nitrogen and oxygen atoms in total. The molecule has 4 aromatic carbocycles. The second kappa shape index (κ2) is 23.2. The summed E-state index contributed by atoms with van der Waals surface area (Å²) in [6.45, 7) is 3.80. The third-order valence-corrected chi connectivity index (χ3v) is 23.5. The molecule has 8 aromatic heterocycles. The monoisotopic (exact) mass is 1450 g/mol. The van der Waals surface area contributed by atoms with E-state index in [1.165, 1.54) is 56.2 Å². The molecule has 0 fully saturated rings. The number of nitrogens with one attached hydrogen (secondary N) is 2. The van der Waals surface area contributed by atoms with Crippen LogP contribution < -0.4 is 32.4 Å². The first-order chi connectivity index (χ1) is 43.1. The van der Waals surface area contributed by atoms with Crippen LogP contribution in [0, 0.1) is 25.5 Å². The Morgan fingerprint density at radius 1 is 0.593 bits per heavy atom. The molecule has 0 bridgehead atoms. The van der Waals surface area contributed by atoms with E-state index in [-0.39, 0.29) is 70.0 Å². The van der Waals surface area contributed by atoms with E-state index < -0.39 is 50.2 Å². The molecule has 10 heterocycles. The second-order valence-corrected chi connectivity index (χ2v) is 41.5. The van der Waals surface area contributed by atoms with Gasteiger partial charge in [0.1, 0.15) is 28.4 Å². The second-order valence-electron chi connectivity index (χ2n) is 22.3. The number of aromatic nitrogens is 8. The molecular formula is C61H55BrF2N12O12S2Sn. The van der Waals surface area contributed by atoms with Gasteiger partial charge in [-0.2, -0.15) is 0 Å². The maximum absolute atomic E-state index is 14.7. The number of hydrogen-bond donors (Lipinski definition) is 2. The third-order valence-electron chi connectivity index (χ3n) is 15.3. The van der Waals surface area contributed by atoms with Crippen LogP contribution in [0.2, 0.25) is 14.8 Å². The molecule has 30 heteroatoms. The summed E-state index contributed by atoms with van der Waals surface area (Å²) < 4.78 is 120. The summed E-state index contributed by atoms with van der Waals surface area (Å²) in [5.41, 5.74) is 6.66. The number of ether oxygens (including phenoxy) is 2. The molecule has 0 radical (unpaired) electrons. The normalized spacial score (nSPS) is 12.6. The number of nitrogens with zero attached hydrogens (tertiary/aromatic N) is 10. The molecule has 2 aliphatic heterocycles. The number of benzene rings is 4. The molecular weight excluding hydrogens is 1390 g/mol. The first-order valence-corrected chi connectivity index (χ1v) is 42.3. The van der Waals surface area contributed by atoms with E-state index in [1.54, 1.807) is 62.4 Å².